The molecule has 1 heterocycles. The third-order valence-electron chi connectivity index (χ3n) is 5.33. The van der Waals surface area contributed by atoms with Gasteiger partial charge in [-0.25, -0.2) is 4.68 Å². The molecule has 1 aromatic heterocycles. The summed E-state index contributed by atoms with van der Waals surface area (Å²) in [6, 6.07) is 23.2. The van der Waals surface area contributed by atoms with E-state index in [0.29, 0.717) is 22.2 Å². The lowest BCUT2D eigenvalue weighted by Crippen LogP contribution is -2.37. The van der Waals surface area contributed by atoms with Crippen LogP contribution in [0.15, 0.2) is 83.7 Å². The maximum Gasteiger partial charge on any atom is 0.275 e. The van der Waals surface area contributed by atoms with Crippen LogP contribution in [-0.2, 0) is 11.3 Å². The van der Waals surface area contributed by atoms with Crippen molar-refractivity contribution in [3.63, 3.8) is 0 Å². The first-order valence-corrected chi connectivity index (χ1v) is 10.7. The maximum absolute atomic E-state index is 13.3. The number of nitrogens with one attached hydrogen (secondary N) is 1. The van der Waals surface area contributed by atoms with Crippen molar-refractivity contribution in [2.45, 2.75) is 6.54 Å². The fourth-order valence-electron chi connectivity index (χ4n) is 3.63. The van der Waals surface area contributed by atoms with Crippen LogP contribution in [0.1, 0.15) is 16.1 Å². The number of methoxy groups -OCH3 is 1. The molecule has 0 bridgehead atoms. The monoisotopic (exact) mass is 456 g/mol. The molecule has 0 spiro atoms. The van der Waals surface area contributed by atoms with Crippen molar-refractivity contribution in [3.05, 3.63) is 100 Å². The first-order chi connectivity index (χ1) is 16.5. The van der Waals surface area contributed by atoms with Crippen LogP contribution in [0.2, 0.25) is 0 Å². The van der Waals surface area contributed by atoms with Gasteiger partial charge in [-0.05, 0) is 23.8 Å². The van der Waals surface area contributed by atoms with E-state index in [0.717, 1.165) is 5.56 Å². The smallest absolute Gasteiger partial charge is 0.275 e. The predicted octanol–water partition coefficient (Wildman–Crippen LogP) is 3.16. The Morgan fingerprint density at radius 2 is 1.68 bits per heavy atom. The Kier molecular flexibility index (Phi) is 6.68. The standard InChI is InChI=1S/C26H24N4O4/c1-29(17-23(31)27-19-11-8-12-20(15-19)34-2)26(33)24-21-13-6-7-14-22(21)25(32)30(28-24)16-18-9-4-3-5-10-18/h3-15H,16-17H2,1-2H3,(H,27,31). The zero-order valence-corrected chi connectivity index (χ0v) is 18.9. The van der Waals surface area contributed by atoms with Crippen molar-refractivity contribution in [2.75, 3.05) is 26.0 Å². The van der Waals surface area contributed by atoms with Crippen LogP contribution >= 0.6 is 0 Å². The average molecular weight is 457 g/mol. The Labute approximate surface area is 196 Å². The van der Waals surface area contributed by atoms with E-state index in [-0.39, 0.29) is 30.2 Å². The second kappa shape index (κ2) is 9.99. The minimum atomic E-state index is -0.459. The number of ether oxygens (including phenoxy) is 1. The molecule has 172 valence electrons. The van der Waals surface area contributed by atoms with Crippen molar-refractivity contribution in [2.24, 2.45) is 0 Å². The lowest BCUT2D eigenvalue weighted by atomic mass is 10.1. The zero-order valence-electron chi connectivity index (χ0n) is 18.9. The summed E-state index contributed by atoms with van der Waals surface area (Å²) in [5, 5.41) is 7.99. The molecule has 0 saturated heterocycles. The van der Waals surface area contributed by atoms with Gasteiger partial charge in [0, 0.05) is 24.2 Å². The molecule has 2 amide bonds. The summed E-state index contributed by atoms with van der Waals surface area (Å²) in [5.74, 6) is -0.219. The summed E-state index contributed by atoms with van der Waals surface area (Å²) in [6.45, 7) is 0.0364. The molecule has 0 aliphatic heterocycles. The Morgan fingerprint density at radius 1 is 0.971 bits per heavy atom. The van der Waals surface area contributed by atoms with Crippen molar-refractivity contribution in [3.8, 4) is 5.75 Å². The highest BCUT2D eigenvalue weighted by atomic mass is 16.5. The summed E-state index contributed by atoms with van der Waals surface area (Å²) in [5.41, 5.74) is 1.28. The number of likely N-dealkylation sites (N-methyl/N-ethyl adjacent to an activating group) is 1. The number of carbonyl (C=O) groups is 2. The number of amides is 2. The molecule has 0 fully saturated rings. The highest BCUT2D eigenvalue weighted by Crippen LogP contribution is 2.18. The number of hydrogen-bond donors (Lipinski definition) is 1. The fourth-order valence-corrected chi connectivity index (χ4v) is 3.63. The average Bonchev–Trinajstić information content (AvgIpc) is 2.86. The van der Waals surface area contributed by atoms with E-state index in [1.165, 1.54) is 16.6 Å². The molecule has 34 heavy (non-hydrogen) atoms. The van der Waals surface area contributed by atoms with Gasteiger partial charge in [0.25, 0.3) is 11.5 Å². The molecule has 0 aliphatic rings. The molecule has 3 aromatic carbocycles. The number of anilines is 1. The molecule has 8 heteroatoms. The number of fused-ring (bicyclic) bond motifs is 1. The quantitative estimate of drug-likeness (QED) is 0.461. The van der Waals surface area contributed by atoms with Crippen molar-refractivity contribution in [1.29, 1.82) is 0 Å². The van der Waals surface area contributed by atoms with E-state index in [4.69, 9.17) is 4.74 Å². The number of benzene rings is 3. The van der Waals surface area contributed by atoms with Gasteiger partial charge in [-0.3, -0.25) is 14.4 Å². The molecule has 0 aliphatic carbocycles. The van der Waals surface area contributed by atoms with Crippen LogP contribution < -0.4 is 15.6 Å². The van der Waals surface area contributed by atoms with Crippen LogP contribution in [0, 0.1) is 0 Å². The number of hydrogen-bond acceptors (Lipinski definition) is 5. The van der Waals surface area contributed by atoms with Crippen molar-refractivity contribution < 1.29 is 14.3 Å². The zero-order chi connectivity index (χ0) is 24.1. The first kappa shape index (κ1) is 22.7. The molecule has 0 unspecified atom stereocenters. The van der Waals surface area contributed by atoms with Gasteiger partial charge < -0.3 is 15.0 Å². The van der Waals surface area contributed by atoms with Gasteiger partial charge in [0.05, 0.1) is 25.6 Å². The lowest BCUT2D eigenvalue weighted by Gasteiger charge is -2.18. The Bertz CT molecular complexity index is 1400. The van der Waals surface area contributed by atoms with E-state index in [1.807, 2.05) is 30.3 Å². The second-order valence-electron chi connectivity index (χ2n) is 7.78. The number of carbonyl (C=O) groups excluding carboxylic acids is 2. The Morgan fingerprint density at radius 3 is 2.41 bits per heavy atom. The van der Waals surface area contributed by atoms with Gasteiger partial charge in [0.2, 0.25) is 5.91 Å². The molecule has 4 rings (SSSR count). The minimum absolute atomic E-state index is 0.114. The van der Waals surface area contributed by atoms with Crippen LogP contribution in [0.3, 0.4) is 0 Å². The van der Waals surface area contributed by atoms with E-state index >= 15 is 0 Å². The van der Waals surface area contributed by atoms with E-state index in [2.05, 4.69) is 10.4 Å². The van der Waals surface area contributed by atoms with Crippen LogP contribution in [0.4, 0.5) is 5.69 Å². The van der Waals surface area contributed by atoms with Gasteiger partial charge in [0.1, 0.15) is 5.75 Å². The van der Waals surface area contributed by atoms with E-state index in [9.17, 15) is 14.4 Å². The highest BCUT2D eigenvalue weighted by molar-refractivity contribution is 6.06. The normalized spacial score (nSPS) is 10.6. The summed E-state index contributed by atoms with van der Waals surface area (Å²) in [4.78, 5) is 40.2. The Balaban J connectivity index is 1.60. The van der Waals surface area contributed by atoms with Gasteiger partial charge in [-0.15, -0.1) is 0 Å². The lowest BCUT2D eigenvalue weighted by molar-refractivity contribution is -0.116. The second-order valence-corrected chi connectivity index (χ2v) is 7.78. The number of aromatic nitrogens is 2. The molecule has 0 radical (unpaired) electrons. The summed E-state index contributed by atoms with van der Waals surface area (Å²) >= 11 is 0. The van der Waals surface area contributed by atoms with Crippen molar-refractivity contribution in [1.82, 2.24) is 14.7 Å². The third-order valence-corrected chi connectivity index (χ3v) is 5.33. The first-order valence-electron chi connectivity index (χ1n) is 10.7. The van der Waals surface area contributed by atoms with Gasteiger partial charge in [0.15, 0.2) is 5.69 Å². The molecule has 0 atom stereocenters. The summed E-state index contributed by atoms with van der Waals surface area (Å²) in [7, 11) is 3.07. The summed E-state index contributed by atoms with van der Waals surface area (Å²) in [6.07, 6.45) is 0. The number of nitrogens with zero attached hydrogens (tertiary/aromatic N) is 3. The van der Waals surface area contributed by atoms with E-state index < -0.39 is 5.91 Å². The molecule has 8 nitrogen and oxygen atoms in total. The topological polar surface area (TPSA) is 93.5 Å². The van der Waals surface area contributed by atoms with Gasteiger partial charge in [-0.2, -0.15) is 5.10 Å². The molecular weight excluding hydrogens is 432 g/mol. The third kappa shape index (κ3) is 4.96. The van der Waals surface area contributed by atoms with Crippen molar-refractivity contribution >= 4 is 28.3 Å². The number of rotatable bonds is 7. The Hall–Kier alpha value is -4.46. The van der Waals surface area contributed by atoms with Crippen LogP contribution in [0.25, 0.3) is 10.8 Å². The SMILES string of the molecule is COc1cccc(NC(=O)CN(C)C(=O)c2nn(Cc3ccccc3)c(=O)c3ccccc23)c1. The largest absolute Gasteiger partial charge is 0.497 e. The molecule has 4 aromatic rings. The fraction of sp³-hybridized carbons (Fsp3) is 0.154. The highest BCUT2D eigenvalue weighted by Gasteiger charge is 2.21. The van der Waals surface area contributed by atoms with Gasteiger partial charge in [-0.1, -0.05) is 54.6 Å². The minimum Gasteiger partial charge on any atom is -0.497 e. The summed E-state index contributed by atoms with van der Waals surface area (Å²) < 4.78 is 6.45. The molecular formula is C26H24N4O4. The molecule has 0 saturated carbocycles. The van der Waals surface area contributed by atoms with Gasteiger partial charge >= 0.3 is 0 Å². The van der Waals surface area contributed by atoms with Crippen LogP contribution in [-0.4, -0.2) is 47.2 Å². The predicted molar refractivity (Wildman–Crippen MR) is 130 cm³/mol. The maximum atomic E-state index is 13.3. The van der Waals surface area contributed by atoms with E-state index in [1.54, 1.807) is 55.6 Å². The molecule has 1 N–H and O–H groups in total. The van der Waals surface area contributed by atoms with Crippen LogP contribution in [0.5, 0.6) is 5.75 Å².